The molecule has 2 aromatic carbocycles. The predicted molar refractivity (Wildman–Crippen MR) is 103 cm³/mol. The number of Topliss-reactive ketones (excluding diaryl/α,β-unsaturated/α-hetero) is 1. The highest BCUT2D eigenvalue weighted by Gasteiger charge is 2.19. The van der Waals surface area contributed by atoms with E-state index in [2.05, 4.69) is 9.97 Å². The quantitative estimate of drug-likeness (QED) is 0.498. The summed E-state index contributed by atoms with van der Waals surface area (Å²) in [6.45, 7) is 1.76. The molecule has 0 amide bonds. The number of fused-ring (bicyclic) bond motifs is 4. The molecule has 0 unspecified atom stereocenters. The van der Waals surface area contributed by atoms with Crippen molar-refractivity contribution in [2.75, 3.05) is 0 Å². The second-order valence-electron chi connectivity index (χ2n) is 6.55. The van der Waals surface area contributed by atoms with Crippen molar-refractivity contribution in [3.8, 4) is 0 Å². The fourth-order valence-electron chi connectivity index (χ4n) is 3.60. The van der Waals surface area contributed by atoms with Crippen LogP contribution < -0.4 is 5.56 Å². The monoisotopic (exact) mass is 357 g/mol. The van der Waals surface area contributed by atoms with Gasteiger partial charge in [0.15, 0.2) is 5.78 Å². The third kappa shape index (κ3) is 2.30. The van der Waals surface area contributed by atoms with Crippen molar-refractivity contribution in [3.05, 3.63) is 76.5 Å². The lowest BCUT2D eigenvalue weighted by atomic mass is 10.1. The fourth-order valence-corrected chi connectivity index (χ4v) is 3.60. The van der Waals surface area contributed by atoms with E-state index < -0.39 is 0 Å². The first-order chi connectivity index (χ1) is 13.1. The van der Waals surface area contributed by atoms with Gasteiger partial charge in [0, 0.05) is 27.5 Å². The Morgan fingerprint density at radius 2 is 1.85 bits per heavy atom. The summed E-state index contributed by atoms with van der Waals surface area (Å²) < 4.78 is 6.98. The van der Waals surface area contributed by atoms with Crippen molar-refractivity contribution in [3.63, 3.8) is 0 Å². The molecule has 5 aromatic rings. The van der Waals surface area contributed by atoms with Crippen LogP contribution in [0.3, 0.4) is 0 Å². The number of ketones is 1. The molecule has 0 saturated carbocycles. The highest BCUT2D eigenvalue weighted by atomic mass is 16.3. The number of hydrogen-bond acceptors (Lipinski definition) is 4. The van der Waals surface area contributed by atoms with E-state index in [1.54, 1.807) is 6.07 Å². The molecule has 0 saturated heterocycles. The zero-order valence-electron chi connectivity index (χ0n) is 14.5. The maximum atomic E-state index is 12.9. The molecule has 0 bridgehead atoms. The van der Waals surface area contributed by atoms with E-state index in [4.69, 9.17) is 4.42 Å². The zero-order valence-corrected chi connectivity index (χ0v) is 14.5. The van der Waals surface area contributed by atoms with Gasteiger partial charge in [0.25, 0.3) is 5.56 Å². The van der Waals surface area contributed by atoms with E-state index in [1.807, 2.05) is 49.4 Å². The number of nitrogens with zero attached hydrogens (tertiary/aromatic N) is 2. The molecule has 27 heavy (non-hydrogen) atoms. The molecule has 5 rings (SSSR count). The molecule has 0 atom stereocenters. The number of aryl methyl sites for hydroxylation is 1. The second-order valence-corrected chi connectivity index (χ2v) is 6.55. The number of H-pyrrole nitrogens is 1. The summed E-state index contributed by atoms with van der Waals surface area (Å²) in [6, 6.07) is 15.0. The van der Waals surface area contributed by atoms with Crippen molar-refractivity contribution in [2.24, 2.45) is 0 Å². The van der Waals surface area contributed by atoms with Crippen LogP contribution in [0.5, 0.6) is 0 Å². The molecule has 132 valence electrons. The van der Waals surface area contributed by atoms with Gasteiger partial charge in [-0.05, 0) is 25.1 Å². The van der Waals surface area contributed by atoms with Gasteiger partial charge in [-0.2, -0.15) is 0 Å². The summed E-state index contributed by atoms with van der Waals surface area (Å²) in [4.78, 5) is 33.3. The molecule has 1 N–H and O–H groups in total. The number of furan rings is 1. The molecule has 0 aliphatic rings. The molecule has 3 heterocycles. The Morgan fingerprint density at radius 1 is 1.11 bits per heavy atom. The number of aromatic nitrogens is 3. The number of carbonyl (C=O) groups excluding carboxylic acids is 1. The summed E-state index contributed by atoms with van der Waals surface area (Å²) in [5.74, 6) is -0.149. The van der Waals surface area contributed by atoms with Crippen LogP contribution in [0.2, 0.25) is 0 Å². The SMILES string of the molecule is Cc1[nH]c2ccccc2c1C(=O)Cn1cnc2c(oc3ccccc32)c1=O. The Kier molecular flexibility index (Phi) is 3.27. The van der Waals surface area contributed by atoms with Crippen LogP contribution in [-0.2, 0) is 6.54 Å². The lowest BCUT2D eigenvalue weighted by Gasteiger charge is -2.05. The average Bonchev–Trinajstić information content (AvgIpc) is 3.21. The van der Waals surface area contributed by atoms with Crippen LogP contribution in [0.1, 0.15) is 16.1 Å². The number of hydrogen-bond donors (Lipinski definition) is 1. The normalized spacial score (nSPS) is 11.6. The topological polar surface area (TPSA) is 80.9 Å². The van der Waals surface area contributed by atoms with Gasteiger partial charge >= 0.3 is 0 Å². The minimum Gasteiger partial charge on any atom is -0.448 e. The van der Waals surface area contributed by atoms with Gasteiger partial charge in [-0.3, -0.25) is 14.2 Å². The predicted octanol–water partition coefficient (Wildman–Crippen LogP) is 3.82. The van der Waals surface area contributed by atoms with Crippen LogP contribution in [0.4, 0.5) is 0 Å². The zero-order chi connectivity index (χ0) is 18.5. The molecule has 0 aliphatic carbocycles. The maximum absolute atomic E-state index is 12.9. The lowest BCUT2D eigenvalue weighted by Crippen LogP contribution is -2.24. The molecule has 6 nitrogen and oxygen atoms in total. The van der Waals surface area contributed by atoms with Crippen molar-refractivity contribution >= 4 is 38.8 Å². The molecule has 6 heteroatoms. The third-order valence-corrected chi connectivity index (χ3v) is 4.84. The number of nitrogens with one attached hydrogen (secondary N) is 1. The Hall–Kier alpha value is -3.67. The van der Waals surface area contributed by atoms with Crippen LogP contribution in [0.15, 0.2) is 64.1 Å². The van der Waals surface area contributed by atoms with E-state index in [0.29, 0.717) is 16.7 Å². The van der Waals surface area contributed by atoms with Crippen molar-refractivity contribution < 1.29 is 9.21 Å². The van der Waals surface area contributed by atoms with Gasteiger partial charge in [0.05, 0.1) is 12.9 Å². The standard InChI is InChI=1S/C21H15N3O3/c1-12-18(13-6-2-4-8-15(13)23-12)16(25)10-24-11-22-19-14-7-3-5-9-17(14)27-20(19)21(24)26/h2-9,11,23H,10H2,1H3. The first-order valence-electron chi connectivity index (χ1n) is 8.60. The average molecular weight is 357 g/mol. The first-order valence-corrected chi connectivity index (χ1v) is 8.60. The van der Waals surface area contributed by atoms with Gasteiger partial charge in [-0.15, -0.1) is 0 Å². The number of para-hydroxylation sites is 2. The van der Waals surface area contributed by atoms with Crippen LogP contribution in [-0.4, -0.2) is 20.3 Å². The first kappa shape index (κ1) is 15.6. The van der Waals surface area contributed by atoms with Gasteiger partial charge < -0.3 is 9.40 Å². The Bertz CT molecular complexity index is 1410. The molecule has 3 aromatic heterocycles. The lowest BCUT2D eigenvalue weighted by molar-refractivity contribution is 0.0971. The van der Waals surface area contributed by atoms with Gasteiger partial charge in [0.2, 0.25) is 5.58 Å². The van der Waals surface area contributed by atoms with Gasteiger partial charge in [-0.1, -0.05) is 30.3 Å². The molecule has 0 radical (unpaired) electrons. The smallest absolute Gasteiger partial charge is 0.297 e. The van der Waals surface area contributed by atoms with Crippen molar-refractivity contribution in [1.29, 1.82) is 0 Å². The van der Waals surface area contributed by atoms with E-state index in [1.165, 1.54) is 10.9 Å². The third-order valence-electron chi connectivity index (χ3n) is 4.84. The van der Waals surface area contributed by atoms with Gasteiger partial charge in [0.1, 0.15) is 11.1 Å². The number of rotatable bonds is 3. The Labute approximate surface area is 153 Å². The maximum Gasteiger partial charge on any atom is 0.297 e. The van der Waals surface area contributed by atoms with E-state index in [9.17, 15) is 9.59 Å². The van der Waals surface area contributed by atoms with Crippen molar-refractivity contribution in [1.82, 2.24) is 14.5 Å². The summed E-state index contributed by atoms with van der Waals surface area (Å²) in [7, 11) is 0. The summed E-state index contributed by atoms with van der Waals surface area (Å²) in [6.07, 6.45) is 1.41. The molecule has 0 spiro atoms. The number of aromatic amines is 1. The highest BCUT2D eigenvalue weighted by molar-refractivity contribution is 6.09. The minimum absolute atomic E-state index is 0.0957. The number of benzene rings is 2. The van der Waals surface area contributed by atoms with Crippen LogP contribution >= 0.6 is 0 Å². The number of carbonyl (C=O) groups is 1. The summed E-state index contributed by atoms with van der Waals surface area (Å²) >= 11 is 0. The van der Waals surface area contributed by atoms with Gasteiger partial charge in [-0.25, -0.2) is 4.98 Å². The summed E-state index contributed by atoms with van der Waals surface area (Å²) in [5, 5.41) is 1.64. The van der Waals surface area contributed by atoms with E-state index >= 15 is 0 Å². The fraction of sp³-hybridized carbons (Fsp3) is 0.0952. The molecular weight excluding hydrogens is 342 g/mol. The largest absolute Gasteiger partial charge is 0.448 e. The van der Waals surface area contributed by atoms with Crippen molar-refractivity contribution in [2.45, 2.75) is 13.5 Å². The second kappa shape index (κ2) is 5.67. The van der Waals surface area contributed by atoms with E-state index in [0.717, 1.165) is 22.0 Å². The Balaban J connectivity index is 1.61. The highest BCUT2D eigenvalue weighted by Crippen LogP contribution is 2.25. The Morgan fingerprint density at radius 3 is 2.70 bits per heavy atom. The van der Waals surface area contributed by atoms with Crippen LogP contribution in [0, 0.1) is 6.92 Å². The molecular formula is C21H15N3O3. The molecule has 0 aliphatic heterocycles. The molecule has 0 fully saturated rings. The summed E-state index contributed by atoms with van der Waals surface area (Å²) in [5.41, 5.74) is 3.21. The minimum atomic E-state index is -0.359. The van der Waals surface area contributed by atoms with Crippen LogP contribution in [0.25, 0.3) is 33.0 Å². The van der Waals surface area contributed by atoms with E-state index in [-0.39, 0.29) is 23.5 Å².